The number of carbonyl (C=O) groups excluding carboxylic acids is 1. The highest BCUT2D eigenvalue weighted by molar-refractivity contribution is 5.92. The molecule has 144 valence electrons. The Labute approximate surface area is 164 Å². The monoisotopic (exact) mass is 377 g/mol. The summed E-state index contributed by atoms with van der Waals surface area (Å²) in [6.45, 7) is 0. The number of aromatic carboxylic acids is 1. The third-order valence-corrected chi connectivity index (χ3v) is 4.62. The van der Waals surface area contributed by atoms with Gasteiger partial charge in [-0.2, -0.15) is 0 Å². The molecule has 5 nitrogen and oxygen atoms in total. The molecule has 5 heteroatoms. The molecule has 0 aliphatic heterocycles. The summed E-state index contributed by atoms with van der Waals surface area (Å²) in [5.74, 6) is -0.509. The number of oxazole rings is 1. The molecule has 1 aromatic heterocycles. The maximum Gasteiger partial charge on any atom is 0.335 e. The molecule has 0 amide bonds. The number of hydrogen-bond acceptors (Lipinski definition) is 4. The zero-order valence-electron chi connectivity index (χ0n) is 15.6. The summed E-state index contributed by atoms with van der Waals surface area (Å²) >= 11 is 0. The van der Waals surface area contributed by atoms with Crippen molar-refractivity contribution in [2.24, 2.45) is 0 Å². The molecule has 0 aliphatic carbocycles. The molecule has 1 heterocycles. The fourth-order valence-corrected chi connectivity index (χ4v) is 3.03. The lowest BCUT2D eigenvalue weighted by atomic mass is 10.0. The van der Waals surface area contributed by atoms with Crippen LogP contribution in [-0.2, 0) is 6.42 Å². The predicted octanol–water partition coefficient (Wildman–Crippen LogP) is 5.42. The average molecular weight is 377 g/mol. The molecule has 0 radical (unpaired) electrons. The maximum atomic E-state index is 12.3. The number of carboxylic acid groups (broad SMARTS) is 1. The molecule has 2 aromatic carbocycles. The predicted molar refractivity (Wildman–Crippen MR) is 106 cm³/mol. The number of Topliss-reactive ketones (excluding diaryl/α,β-unsaturated/α-hetero) is 1. The number of unbranched alkanes of at least 4 members (excludes halogenated alkanes) is 3. The van der Waals surface area contributed by atoms with Crippen LogP contribution in [0.15, 0.2) is 65.2 Å². The first-order valence-electron chi connectivity index (χ1n) is 9.50. The zero-order valence-corrected chi connectivity index (χ0v) is 15.6. The van der Waals surface area contributed by atoms with Crippen LogP contribution < -0.4 is 0 Å². The Morgan fingerprint density at radius 3 is 2.32 bits per heavy atom. The normalized spacial score (nSPS) is 10.7. The van der Waals surface area contributed by atoms with E-state index in [1.165, 1.54) is 23.9 Å². The van der Waals surface area contributed by atoms with E-state index in [0.29, 0.717) is 17.7 Å². The summed E-state index contributed by atoms with van der Waals surface area (Å²) in [6, 6.07) is 16.7. The van der Waals surface area contributed by atoms with Gasteiger partial charge in [0.1, 0.15) is 0 Å². The minimum atomic E-state index is -0.983. The highest BCUT2D eigenvalue weighted by Crippen LogP contribution is 2.22. The number of carboxylic acids is 1. The number of rotatable bonds is 10. The average Bonchev–Trinajstić information content (AvgIpc) is 3.21. The Morgan fingerprint density at radius 1 is 0.893 bits per heavy atom. The van der Waals surface area contributed by atoms with Crippen LogP contribution in [0.25, 0.3) is 11.3 Å². The highest BCUT2D eigenvalue weighted by atomic mass is 16.4. The van der Waals surface area contributed by atoms with E-state index in [9.17, 15) is 9.59 Å². The second kappa shape index (κ2) is 9.65. The Bertz CT molecular complexity index is 913. The van der Waals surface area contributed by atoms with Crippen molar-refractivity contribution in [3.63, 3.8) is 0 Å². The Morgan fingerprint density at radius 2 is 1.61 bits per heavy atom. The summed E-state index contributed by atoms with van der Waals surface area (Å²) in [5.41, 5.74) is 2.24. The highest BCUT2D eigenvalue weighted by Gasteiger charge is 2.14. The first kappa shape index (κ1) is 19.5. The molecular weight excluding hydrogens is 354 g/mol. The van der Waals surface area contributed by atoms with E-state index in [-0.39, 0.29) is 17.2 Å². The van der Waals surface area contributed by atoms with Gasteiger partial charge in [-0.25, -0.2) is 9.78 Å². The molecule has 0 spiro atoms. The van der Waals surface area contributed by atoms with E-state index in [0.717, 1.165) is 32.1 Å². The van der Waals surface area contributed by atoms with Gasteiger partial charge in [0.25, 0.3) is 5.89 Å². The van der Waals surface area contributed by atoms with E-state index in [1.807, 2.05) is 6.07 Å². The largest absolute Gasteiger partial charge is 0.478 e. The quantitative estimate of drug-likeness (QED) is 0.377. The number of aryl methyl sites for hydroxylation is 1. The first-order valence-corrected chi connectivity index (χ1v) is 9.50. The second-order valence-corrected chi connectivity index (χ2v) is 6.74. The lowest BCUT2D eigenvalue weighted by Crippen LogP contribution is -1.99. The molecule has 0 saturated heterocycles. The molecule has 3 rings (SSSR count). The molecule has 0 unspecified atom stereocenters. The van der Waals surface area contributed by atoms with Crippen molar-refractivity contribution in [3.05, 3.63) is 77.8 Å². The van der Waals surface area contributed by atoms with Crippen LogP contribution in [-0.4, -0.2) is 21.8 Å². The van der Waals surface area contributed by atoms with Crippen molar-refractivity contribution < 1.29 is 19.1 Å². The topological polar surface area (TPSA) is 80.4 Å². The van der Waals surface area contributed by atoms with Gasteiger partial charge in [0.05, 0.1) is 11.8 Å². The SMILES string of the molecule is O=C(O)c1ccc(-c2cnc(C(=O)CCCCCCc3ccccc3)o2)cc1. The van der Waals surface area contributed by atoms with Gasteiger partial charge in [-0.15, -0.1) is 0 Å². The number of nitrogens with zero attached hydrogens (tertiary/aromatic N) is 1. The number of carbonyl (C=O) groups is 2. The molecule has 28 heavy (non-hydrogen) atoms. The van der Waals surface area contributed by atoms with Crippen molar-refractivity contribution in [1.29, 1.82) is 0 Å². The van der Waals surface area contributed by atoms with Crippen molar-refractivity contribution in [1.82, 2.24) is 4.98 Å². The van der Waals surface area contributed by atoms with Gasteiger partial charge in [-0.1, -0.05) is 55.3 Å². The van der Waals surface area contributed by atoms with Crippen LogP contribution in [0.5, 0.6) is 0 Å². The van der Waals surface area contributed by atoms with Crippen molar-refractivity contribution in [2.75, 3.05) is 0 Å². The second-order valence-electron chi connectivity index (χ2n) is 6.74. The summed E-state index contributed by atoms with van der Waals surface area (Å²) in [5, 5.41) is 8.94. The van der Waals surface area contributed by atoms with E-state index in [4.69, 9.17) is 9.52 Å². The van der Waals surface area contributed by atoms with Gasteiger partial charge >= 0.3 is 5.97 Å². The van der Waals surface area contributed by atoms with E-state index >= 15 is 0 Å². The minimum absolute atomic E-state index is 0.100. The lowest BCUT2D eigenvalue weighted by Gasteiger charge is -2.01. The van der Waals surface area contributed by atoms with Gasteiger partial charge in [-0.05, 0) is 37.0 Å². The fraction of sp³-hybridized carbons (Fsp3) is 0.261. The third-order valence-electron chi connectivity index (χ3n) is 4.62. The molecule has 0 fully saturated rings. The van der Waals surface area contributed by atoms with Crippen LogP contribution in [0.3, 0.4) is 0 Å². The summed E-state index contributed by atoms with van der Waals surface area (Å²) in [6.07, 6.45) is 7.02. The number of ketones is 1. The zero-order chi connectivity index (χ0) is 19.8. The van der Waals surface area contributed by atoms with E-state index < -0.39 is 5.97 Å². The summed E-state index contributed by atoms with van der Waals surface area (Å²) in [4.78, 5) is 27.2. The van der Waals surface area contributed by atoms with Crippen LogP contribution in [0.1, 0.15) is 58.7 Å². The van der Waals surface area contributed by atoms with E-state index in [1.54, 1.807) is 12.1 Å². The van der Waals surface area contributed by atoms with Gasteiger partial charge in [-0.3, -0.25) is 4.79 Å². The Balaban J connectivity index is 1.42. The minimum Gasteiger partial charge on any atom is -0.478 e. The number of aromatic nitrogens is 1. The van der Waals surface area contributed by atoms with Gasteiger partial charge < -0.3 is 9.52 Å². The van der Waals surface area contributed by atoms with Gasteiger partial charge in [0.15, 0.2) is 5.76 Å². The molecular formula is C23H23NO4. The summed E-state index contributed by atoms with van der Waals surface area (Å²) in [7, 11) is 0. The summed E-state index contributed by atoms with van der Waals surface area (Å²) < 4.78 is 5.56. The van der Waals surface area contributed by atoms with Crippen molar-refractivity contribution >= 4 is 11.8 Å². The standard InChI is InChI=1S/C23H23NO4/c25-20(11-7-2-1-4-8-17-9-5-3-6-10-17)22-24-16-21(28-22)18-12-14-19(15-13-18)23(26)27/h3,5-6,9-10,12-16H,1-2,4,7-8,11H2,(H,26,27). The fourth-order valence-electron chi connectivity index (χ4n) is 3.03. The van der Waals surface area contributed by atoms with Gasteiger partial charge in [0, 0.05) is 12.0 Å². The van der Waals surface area contributed by atoms with Crippen LogP contribution >= 0.6 is 0 Å². The van der Waals surface area contributed by atoms with Crippen LogP contribution in [0.4, 0.5) is 0 Å². The van der Waals surface area contributed by atoms with E-state index in [2.05, 4.69) is 29.2 Å². The smallest absolute Gasteiger partial charge is 0.335 e. The third kappa shape index (κ3) is 5.39. The maximum absolute atomic E-state index is 12.3. The Kier molecular flexibility index (Phi) is 6.73. The van der Waals surface area contributed by atoms with Crippen molar-refractivity contribution in [3.8, 4) is 11.3 Å². The van der Waals surface area contributed by atoms with Crippen molar-refractivity contribution in [2.45, 2.75) is 38.5 Å². The van der Waals surface area contributed by atoms with Crippen LogP contribution in [0.2, 0.25) is 0 Å². The molecule has 0 bridgehead atoms. The number of hydrogen-bond donors (Lipinski definition) is 1. The molecule has 0 saturated carbocycles. The molecule has 1 N–H and O–H groups in total. The molecule has 0 atom stereocenters. The Hall–Kier alpha value is -3.21. The molecule has 3 aromatic rings. The molecule has 0 aliphatic rings. The van der Waals surface area contributed by atoms with Crippen LogP contribution in [0, 0.1) is 0 Å². The van der Waals surface area contributed by atoms with Gasteiger partial charge in [0.2, 0.25) is 5.78 Å². The number of benzene rings is 2. The first-order chi connectivity index (χ1) is 13.6. The lowest BCUT2D eigenvalue weighted by molar-refractivity contribution is 0.0696.